The number of nitrogens with one attached hydrogen (secondary N) is 1. The molecule has 2 nitrogen and oxygen atoms in total. The fourth-order valence-corrected chi connectivity index (χ4v) is 3.82. The van der Waals surface area contributed by atoms with Gasteiger partial charge in [-0.15, -0.1) is 11.3 Å². The van der Waals surface area contributed by atoms with Gasteiger partial charge in [-0.05, 0) is 66.0 Å². The van der Waals surface area contributed by atoms with Crippen molar-refractivity contribution in [1.82, 2.24) is 10.3 Å². The van der Waals surface area contributed by atoms with Crippen LogP contribution in [0.15, 0.2) is 28.2 Å². The maximum atomic E-state index is 4.53. The molecule has 0 saturated carbocycles. The molecule has 0 saturated heterocycles. The number of pyridine rings is 1. The summed E-state index contributed by atoms with van der Waals surface area (Å²) >= 11 is 5.45. The summed E-state index contributed by atoms with van der Waals surface area (Å²) in [5.74, 6) is 0. The van der Waals surface area contributed by atoms with Gasteiger partial charge in [0.15, 0.2) is 0 Å². The van der Waals surface area contributed by atoms with Crippen molar-refractivity contribution < 1.29 is 0 Å². The lowest BCUT2D eigenvalue weighted by Crippen LogP contribution is -2.24. The first-order chi connectivity index (χ1) is 9.61. The van der Waals surface area contributed by atoms with E-state index in [2.05, 4.69) is 59.1 Å². The van der Waals surface area contributed by atoms with Gasteiger partial charge in [0.1, 0.15) is 0 Å². The van der Waals surface area contributed by atoms with E-state index in [4.69, 9.17) is 0 Å². The highest BCUT2D eigenvalue weighted by Gasteiger charge is 2.16. The number of hydrogen-bond acceptors (Lipinski definition) is 3. The van der Waals surface area contributed by atoms with Gasteiger partial charge in [-0.25, -0.2) is 0 Å². The van der Waals surface area contributed by atoms with E-state index < -0.39 is 0 Å². The number of thiophene rings is 1. The third-order valence-corrected chi connectivity index (χ3v) is 5.63. The van der Waals surface area contributed by atoms with Crippen LogP contribution in [0.25, 0.3) is 0 Å². The maximum absolute atomic E-state index is 4.53. The molecule has 1 unspecified atom stereocenters. The van der Waals surface area contributed by atoms with Gasteiger partial charge in [-0.2, -0.15) is 0 Å². The lowest BCUT2D eigenvalue weighted by atomic mass is 10.0. The topological polar surface area (TPSA) is 24.9 Å². The fourth-order valence-electron chi connectivity index (χ4n) is 2.17. The van der Waals surface area contributed by atoms with Crippen LogP contribution in [-0.2, 0) is 6.42 Å². The second-order valence-corrected chi connectivity index (χ2v) is 7.48. The summed E-state index contributed by atoms with van der Waals surface area (Å²) in [5, 5.41) is 3.65. The average Bonchev–Trinajstić information content (AvgIpc) is 2.76. The lowest BCUT2D eigenvalue weighted by Gasteiger charge is -2.17. The summed E-state index contributed by atoms with van der Waals surface area (Å²) in [6, 6.07) is 6.76. The van der Waals surface area contributed by atoms with Crippen molar-refractivity contribution in [1.29, 1.82) is 0 Å². The standard InChI is InChI=1S/C16H21BrN2S/c1-4-7-18-14(15-9-12(3)16(17)20-15)10-13-11(2)6-5-8-19-13/h5-6,8-9,14,18H,4,7,10H2,1-3H3. The Hall–Kier alpha value is -0.710. The number of aryl methyl sites for hydroxylation is 2. The van der Waals surface area contributed by atoms with E-state index in [0.717, 1.165) is 19.4 Å². The Balaban J connectivity index is 2.21. The summed E-state index contributed by atoms with van der Waals surface area (Å²) in [6.07, 6.45) is 3.97. The Morgan fingerprint density at radius 1 is 1.35 bits per heavy atom. The molecule has 0 fully saturated rings. The van der Waals surface area contributed by atoms with Crippen molar-refractivity contribution in [3.63, 3.8) is 0 Å². The zero-order valence-electron chi connectivity index (χ0n) is 12.2. The van der Waals surface area contributed by atoms with Gasteiger partial charge in [0, 0.05) is 29.2 Å². The Morgan fingerprint density at radius 2 is 2.15 bits per heavy atom. The molecule has 0 spiro atoms. The SMILES string of the molecule is CCCNC(Cc1ncccc1C)c1cc(C)c(Br)s1. The Kier molecular flexibility index (Phi) is 5.75. The minimum Gasteiger partial charge on any atom is -0.309 e. The van der Waals surface area contributed by atoms with Crippen LogP contribution in [-0.4, -0.2) is 11.5 Å². The van der Waals surface area contributed by atoms with Gasteiger partial charge in [0.25, 0.3) is 0 Å². The highest BCUT2D eigenvalue weighted by molar-refractivity contribution is 9.11. The maximum Gasteiger partial charge on any atom is 0.0731 e. The summed E-state index contributed by atoms with van der Waals surface area (Å²) in [6.45, 7) is 7.51. The van der Waals surface area contributed by atoms with Crippen molar-refractivity contribution in [3.8, 4) is 0 Å². The normalized spacial score (nSPS) is 12.6. The predicted octanol–water partition coefficient (Wildman–Crippen LogP) is 4.81. The molecule has 0 aliphatic carbocycles. The molecule has 20 heavy (non-hydrogen) atoms. The molecule has 0 aliphatic rings. The van der Waals surface area contributed by atoms with Gasteiger partial charge in [-0.3, -0.25) is 4.98 Å². The zero-order valence-corrected chi connectivity index (χ0v) is 14.6. The van der Waals surface area contributed by atoms with Crippen molar-refractivity contribution in [2.24, 2.45) is 0 Å². The first-order valence-electron chi connectivity index (χ1n) is 7.01. The van der Waals surface area contributed by atoms with Crippen LogP contribution in [0.3, 0.4) is 0 Å². The third-order valence-electron chi connectivity index (χ3n) is 3.38. The van der Waals surface area contributed by atoms with Gasteiger partial charge >= 0.3 is 0 Å². The largest absolute Gasteiger partial charge is 0.309 e. The van der Waals surface area contributed by atoms with Gasteiger partial charge < -0.3 is 5.32 Å². The van der Waals surface area contributed by atoms with Crippen LogP contribution in [0.5, 0.6) is 0 Å². The van der Waals surface area contributed by atoms with Crippen molar-refractivity contribution >= 4 is 27.3 Å². The van der Waals surface area contributed by atoms with E-state index in [-0.39, 0.29) is 0 Å². The molecular formula is C16H21BrN2S. The zero-order chi connectivity index (χ0) is 14.5. The van der Waals surface area contributed by atoms with Crippen LogP contribution in [0.4, 0.5) is 0 Å². The minimum atomic E-state index is 0.346. The molecule has 108 valence electrons. The summed E-state index contributed by atoms with van der Waals surface area (Å²) in [7, 11) is 0. The lowest BCUT2D eigenvalue weighted by molar-refractivity contribution is 0.530. The van der Waals surface area contributed by atoms with Crippen LogP contribution in [0, 0.1) is 13.8 Å². The van der Waals surface area contributed by atoms with E-state index in [0.29, 0.717) is 6.04 Å². The van der Waals surface area contributed by atoms with Crippen LogP contribution < -0.4 is 5.32 Å². The Morgan fingerprint density at radius 3 is 2.75 bits per heavy atom. The van der Waals surface area contributed by atoms with E-state index in [1.807, 2.05) is 23.6 Å². The number of nitrogens with zero attached hydrogens (tertiary/aromatic N) is 1. The number of aromatic nitrogens is 1. The van der Waals surface area contributed by atoms with E-state index in [9.17, 15) is 0 Å². The molecule has 1 N–H and O–H groups in total. The van der Waals surface area contributed by atoms with Crippen LogP contribution >= 0.6 is 27.3 Å². The molecule has 2 rings (SSSR count). The van der Waals surface area contributed by atoms with Crippen LogP contribution in [0.1, 0.15) is 41.1 Å². The summed E-state index contributed by atoms with van der Waals surface area (Å²) < 4.78 is 1.23. The average molecular weight is 353 g/mol. The molecule has 2 aromatic rings. The van der Waals surface area contributed by atoms with Crippen molar-refractivity contribution in [2.75, 3.05) is 6.54 Å². The van der Waals surface area contributed by atoms with Gasteiger partial charge in [0.2, 0.25) is 0 Å². The highest BCUT2D eigenvalue weighted by Crippen LogP contribution is 2.33. The molecule has 4 heteroatoms. The smallest absolute Gasteiger partial charge is 0.0731 e. The monoisotopic (exact) mass is 352 g/mol. The number of rotatable bonds is 6. The van der Waals surface area contributed by atoms with E-state index in [1.54, 1.807) is 0 Å². The molecular weight excluding hydrogens is 332 g/mol. The van der Waals surface area contributed by atoms with Gasteiger partial charge in [-0.1, -0.05) is 13.0 Å². The Bertz CT molecular complexity index is 546. The molecule has 1 atom stereocenters. The second-order valence-electron chi connectivity index (χ2n) is 5.08. The van der Waals surface area contributed by atoms with E-state index in [1.165, 1.54) is 25.5 Å². The molecule has 0 bridgehead atoms. The van der Waals surface area contributed by atoms with Gasteiger partial charge in [0.05, 0.1) is 3.79 Å². The first kappa shape index (κ1) is 15.7. The summed E-state index contributed by atoms with van der Waals surface area (Å²) in [4.78, 5) is 5.92. The van der Waals surface area contributed by atoms with Crippen molar-refractivity contribution in [3.05, 3.63) is 49.9 Å². The molecule has 0 aromatic carbocycles. The first-order valence-corrected chi connectivity index (χ1v) is 8.62. The fraction of sp³-hybridized carbons (Fsp3) is 0.438. The number of hydrogen-bond donors (Lipinski definition) is 1. The predicted molar refractivity (Wildman–Crippen MR) is 90.5 cm³/mol. The highest BCUT2D eigenvalue weighted by atomic mass is 79.9. The quantitative estimate of drug-likeness (QED) is 0.806. The molecule has 0 amide bonds. The van der Waals surface area contributed by atoms with Crippen LogP contribution in [0.2, 0.25) is 0 Å². The molecule has 0 radical (unpaired) electrons. The molecule has 0 aliphatic heterocycles. The number of halogens is 1. The van der Waals surface area contributed by atoms with Crippen molar-refractivity contribution in [2.45, 2.75) is 39.7 Å². The summed E-state index contributed by atoms with van der Waals surface area (Å²) in [5.41, 5.74) is 3.76. The molecule has 2 aromatic heterocycles. The third kappa shape index (κ3) is 3.90. The van der Waals surface area contributed by atoms with E-state index >= 15 is 0 Å². The minimum absolute atomic E-state index is 0.346. The molecule has 2 heterocycles. The second kappa shape index (κ2) is 7.34. The Labute approximate surface area is 133 Å².